The van der Waals surface area contributed by atoms with Crippen LogP contribution in [-0.2, 0) is 16.8 Å². The molecule has 5 aromatic rings. The Morgan fingerprint density at radius 2 is 1.70 bits per heavy atom. The highest BCUT2D eigenvalue weighted by atomic mass is 32.2. The number of amides is 2. The fourth-order valence-corrected chi connectivity index (χ4v) is 5.60. The summed E-state index contributed by atoms with van der Waals surface area (Å²) in [5.41, 5.74) is 3.08. The molecule has 0 spiro atoms. The molecule has 204 valence electrons. The molecule has 0 radical (unpaired) electrons. The molecule has 0 bridgehead atoms. The zero-order valence-electron chi connectivity index (χ0n) is 22.1. The van der Waals surface area contributed by atoms with Gasteiger partial charge in [0.1, 0.15) is 5.82 Å². The van der Waals surface area contributed by atoms with Gasteiger partial charge in [-0.2, -0.15) is 0 Å². The maximum Gasteiger partial charge on any atom is 0.251 e. The first-order valence-corrected chi connectivity index (χ1v) is 14.3. The summed E-state index contributed by atoms with van der Waals surface area (Å²) in [5.74, 6) is -0.373. The van der Waals surface area contributed by atoms with Crippen molar-refractivity contribution >= 4 is 50.3 Å². The van der Waals surface area contributed by atoms with Crippen molar-refractivity contribution in [3.05, 3.63) is 95.6 Å². The Morgan fingerprint density at radius 3 is 2.40 bits per heavy atom. The van der Waals surface area contributed by atoms with E-state index in [-0.39, 0.29) is 35.3 Å². The number of carbonyl (C=O) groups is 2. The van der Waals surface area contributed by atoms with E-state index >= 15 is 0 Å². The number of hydrogen-bond donors (Lipinski definition) is 2. The van der Waals surface area contributed by atoms with Gasteiger partial charge in [-0.25, -0.2) is 9.37 Å². The van der Waals surface area contributed by atoms with Crippen molar-refractivity contribution in [3.8, 4) is 5.69 Å². The fourth-order valence-electron chi connectivity index (χ4n) is 3.95. The molecular weight excluding hydrogens is 547 g/mol. The number of rotatable bonds is 8. The zero-order valence-corrected chi connectivity index (χ0v) is 23.8. The lowest BCUT2D eigenvalue weighted by atomic mass is 9.87. The van der Waals surface area contributed by atoms with Crippen molar-refractivity contribution in [2.24, 2.45) is 0 Å². The molecule has 8 nitrogen and oxygen atoms in total. The molecule has 2 N–H and O–H groups in total. The highest BCUT2D eigenvalue weighted by molar-refractivity contribution is 7.99. The molecule has 0 unspecified atom stereocenters. The van der Waals surface area contributed by atoms with Gasteiger partial charge in [-0.15, -0.1) is 10.2 Å². The molecule has 11 heteroatoms. The minimum atomic E-state index is -0.380. The van der Waals surface area contributed by atoms with Gasteiger partial charge in [-0.3, -0.25) is 14.2 Å². The molecule has 0 aliphatic carbocycles. The number of nitrogens with zero attached hydrogens (tertiary/aromatic N) is 4. The lowest BCUT2D eigenvalue weighted by Crippen LogP contribution is -2.25. The number of para-hydroxylation sites is 1. The lowest BCUT2D eigenvalue weighted by Gasteiger charge is -2.19. The first-order chi connectivity index (χ1) is 19.2. The van der Waals surface area contributed by atoms with E-state index < -0.39 is 0 Å². The Kier molecular flexibility index (Phi) is 7.95. The molecule has 40 heavy (non-hydrogen) atoms. The number of carbonyl (C=O) groups excluding carboxylic acids is 2. The number of hydrogen-bond acceptors (Lipinski definition) is 7. The smallest absolute Gasteiger partial charge is 0.251 e. The number of aromatic nitrogens is 4. The first-order valence-electron chi connectivity index (χ1n) is 12.5. The van der Waals surface area contributed by atoms with E-state index in [1.165, 1.54) is 35.2 Å². The van der Waals surface area contributed by atoms with Gasteiger partial charge < -0.3 is 10.6 Å². The highest BCUT2D eigenvalue weighted by Gasteiger charge is 2.19. The van der Waals surface area contributed by atoms with Crippen LogP contribution in [0.2, 0.25) is 0 Å². The molecule has 3 aromatic carbocycles. The maximum absolute atomic E-state index is 13.7. The van der Waals surface area contributed by atoms with Crippen LogP contribution >= 0.6 is 23.1 Å². The quantitative estimate of drug-likeness (QED) is 0.221. The molecule has 2 amide bonds. The molecular formula is C29H27FN6O2S2. The van der Waals surface area contributed by atoms with Gasteiger partial charge in [0.05, 0.1) is 22.5 Å². The Morgan fingerprint density at radius 1 is 0.975 bits per heavy atom. The van der Waals surface area contributed by atoms with Crippen molar-refractivity contribution < 1.29 is 14.0 Å². The summed E-state index contributed by atoms with van der Waals surface area (Å²) in [7, 11) is 0. The lowest BCUT2D eigenvalue weighted by molar-refractivity contribution is -0.113. The van der Waals surface area contributed by atoms with Crippen LogP contribution in [-0.4, -0.2) is 37.3 Å². The third-order valence-electron chi connectivity index (χ3n) is 6.08. The van der Waals surface area contributed by atoms with E-state index in [0.717, 1.165) is 15.8 Å². The largest absolute Gasteiger partial charge is 0.345 e. The van der Waals surface area contributed by atoms with E-state index in [9.17, 15) is 14.0 Å². The molecule has 2 aromatic heterocycles. The van der Waals surface area contributed by atoms with Gasteiger partial charge >= 0.3 is 0 Å². The van der Waals surface area contributed by atoms with E-state index in [1.54, 1.807) is 28.8 Å². The average Bonchev–Trinajstić information content (AvgIpc) is 3.54. The van der Waals surface area contributed by atoms with Crippen molar-refractivity contribution in [3.63, 3.8) is 0 Å². The van der Waals surface area contributed by atoms with Gasteiger partial charge in [-0.05, 0) is 59.5 Å². The summed E-state index contributed by atoms with van der Waals surface area (Å²) in [4.78, 5) is 30.0. The van der Waals surface area contributed by atoms with Crippen LogP contribution in [0.3, 0.4) is 0 Å². The van der Waals surface area contributed by atoms with E-state index in [2.05, 4.69) is 46.6 Å². The number of benzene rings is 3. The van der Waals surface area contributed by atoms with Crippen LogP contribution in [0.15, 0.2) is 78.0 Å². The zero-order chi connectivity index (χ0) is 28.3. The SMILES string of the molecule is CC(C)(C)c1ccc(C(=O)NCc2nnc(SCC(=O)Nc3nc4ccccc4s3)n2-c2ccc(F)cc2)cc1. The predicted molar refractivity (Wildman–Crippen MR) is 157 cm³/mol. The van der Waals surface area contributed by atoms with Crippen LogP contribution in [0.1, 0.15) is 42.5 Å². The van der Waals surface area contributed by atoms with Crippen LogP contribution in [0, 0.1) is 5.82 Å². The first kappa shape index (κ1) is 27.5. The number of thioether (sulfide) groups is 1. The summed E-state index contributed by atoms with van der Waals surface area (Å²) in [6.07, 6.45) is 0. The van der Waals surface area contributed by atoms with Gasteiger partial charge in [-0.1, -0.05) is 68.1 Å². The van der Waals surface area contributed by atoms with E-state index in [1.807, 2.05) is 36.4 Å². The fraction of sp³-hybridized carbons (Fsp3) is 0.207. The highest BCUT2D eigenvalue weighted by Crippen LogP contribution is 2.27. The van der Waals surface area contributed by atoms with Crippen LogP contribution in [0.5, 0.6) is 0 Å². The second-order valence-electron chi connectivity index (χ2n) is 10.0. The standard InChI is InChI=1S/C29H27FN6O2S2/c1-29(2,3)19-10-8-18(9-11-19)26(38)31-16-24-34-35-28(36(24)21-14-12-20(30)13-15-21)39-17-25(37)33-27-32-22-6-4-5-7-23(22)40-27/h4-15H,16-17H2,1-3H3,(H,31,38)(H,32,33,37). The number of halogens is 1. The minimum absolute atomic E-state index is 0.0139. The van der Waals surface area contributed by atoms with Crippen molar-refractivity contribution in [2.75, 3.05) is 11.1 Å². The Labute approximate surface area is 239 Å². The second kappa shape index (κ2) is 11.6. The monoisotopic (exact) mass is 574 g/mol. The summed E-state index contributed by atoms with van der Waals surface area (Å²) in [5, 5.41) is 15.2. The van der Waals surface area contributed by atoms with Gasteiger partial charge in [0, 0.05) is 11.3 Å². The van der Waals surface area contributed by atoms with Gasteiger partial charge in [0.2, 0.25) is 5.91 Å². The van der Waals surface area contributed by atoms with Gasteiger partial charge in [0.15, 0.2) is 16.1 Å². The number of anilines is 1. The van der Waals surface area contributed by atoms with Crippen molar-refractivity contribution in [1.82, 2.24) is 25.1 Å². The summed E-state index contributed by atoms with van der Waals surface area (Å²) >= 11 is 2.58. The third-order valence-corrected chi connectivity index (χ3v) is 7.96. The molecule has 0 saturated heterocycles. The minimum Gasteiger partial charge on any atom is -0.345 e. The van der Waals surface area contributed by atoms with E-state index in [0.29, 0.717) is 27.4 Å². The predicted octanol–water partition coefficient (Wildman–Crippen LogP) is 5.97. The van der Waals surface area contributed by atoms with Crippen molar-refractivity contribution in [2.45, 2.75) is 37.9 Å². The normalized spacial score (nSPS) is 11.5. The van der Waals surface area contributed by atoms with E-state index in [4.69, 9.17) is 0 Å². The summed E-state index contributed by atoms with van der Waals surface area (Å²) < 4.78 is 16.3. The Balaban J connectivity index is 1.29. The van der Waals surface area contributed by atoms with Gasteiger partial charge in [0.25, 0.3) is 5.91 Å². The second-order valence-corrected chi connectivity index (χ2v) is 12.0. The molecule has 0 saturated carbocycles. The summed E-state index contributed by atoms with van der Waals surface area (Å²) in [6, 6.07) is 21.0. The van der Waals surface area contributed by atoms with Crippen LogP contribution in [0.25, 0.3) is 15.9 Å². The Bertz CT molecular complexity index is 1620. The molecule has 5 rings (SSSR count). The number of thiazole rings is 1. The van der Waals surface area contributed by atoms with Crippen LogP contribution < -0.4 is 10.6 Å². The number of fused-ring (bicyclic) bond motifs is 1. The molecule has 2 heterocycles. The topological polar surface area (TPSA) is 102 Å². The molecule has 0 atom stereocenters. The maximum atomic E-state index is 13.7. The van der Waals surface area contributed by atoms with Crippen LogP contribution in [0.4, 0.5) is 9.52 Å². The Hall–Kier alpha value is -4.09. The molecule has 0 aliphatic rings. The van der Waals surface area contributed by atoms with Crippen molar-refractivity contribution in [1.29, 1.82) is 0 Å². The summed E-state index contributed by atoms with van der Waals surface area (Å²) in [6.45, 7) is 6.43. The third kappa shape index (κ3) is 6.37. The number of nitrogens with one attached hydrogen (secondary N) is 2. The average molecular weight is 575 g/mol. The molecule has 0 fully saturated rings. The molecule has 0 aliphatic heterocycles.